The zero-order valence-corrected chi connectivity index (χ0v) is 10.1. The number of thioether (sulfide) groups is 1. The monoisotopic (exact) mass is 213 g/mol. The van der Waals surface area contributed by atoms with Crippen LogP contribution in [0.3, 0.4) is 0 Å². The van der Waals surface area contributed by atoms with Gasteiger partial charge in [-0.15, -0.1) is 0 Å². The van der Waals surface area contributed by atoms with E-state index in [2.05, 4.69) is 25.4 Å². The van der Waals surface area contributed by atoms with Crippen molar-refractivity contribution in [3.05, 3.63) is 23.7 Å². The molecule has 0 radical (unpaired) electrons. The quantitative estimate of drug-likeness (QED) is 0.814. The van der Waals surface area contributed by atoms with Gasteiger partial charge in [0, 0.05) is 11.8 Å². The predicted octanol–water partition coefficient (Wildman–Crippen LogP) is 2.99. The largest absolute Gasteiger partial charge is 0.465 e. The van der Waals surface area contributed by atoms with E-state index in [0.29, 0.717) is 12.1 Å². The number of nitrogens with one attached hydrogen (secondary N) is 1. The first-order valence-electron chi connectivity index (χ1n) is 4.94. The highest BCUT2D eigenvalue weighted by Gasteiger charge is 2.11. The molecule has 0 aliphatic carbocycles. The van der Waals surface area contributed by atoms with E-state index < -0.39 is 0 Å². The first kappa shape index (κ1) is 11.7. The zero-order valence-electron chi connectivity index (χ0n) is 9.33. The Kier molecular flexibility index (Phi) is 4.55. The molecule has 14 heavy (non-hydrogen) atoms. The summed E-state index contributed by atoms with van der Waals surface area (Å²) >= 11 is 1.86. The van der Waals surface area contributed by atoms with Gasteiger partial charge in [0.25, 0.3) is 0 Å². The first-order chi connectivity index (χ1) is 6.63. The molecular weight excluding hydrogens is 194 g/mol. The number of furan rings is 1. The van der Waals surface area contributed by atoms with E-state index in [1.165, 1.54) is 0 Å². The van der Waals surface area contributed by atoms with Crippen LogP contribution < -0.4 is 5.32 Å². The van der Waals surface area contributed by atoms with Crippen molar-refractivity contribution >= 4 is 11.8 Å². The van der Waals surface area contributed by atoms with Crippen molar-refractivity contribution in [3.63, 3.8) is 0 Å². The van der Waals surface area contributed by atoms with Gasteiger partial charge in [-0.2, -0.15) is 11.8 Å². The summed E-state index contributed by atoms with van der Waals surface area (Å²) in [5, 5.41) is 3.50. The summed E-state index contributed by atoms with van der Waals surface area (Å²) in [6.45, 7) is 6.31. The summed E-state index contributed by atoms with van der Waals surface area (Å²) in [5.74, 6) is 3.13. The molecule has 1 heterocycles. The lowest BCUT2D eigenvalue weighted by Crippen LogP contribution is -2.30. The molecule has 0 aromatic carbocycles. The van der Waals surface area contributed by atoms with Crippen molar-refractivity contribution in [1.82, 2.24) is 5.32 Å². The van der Waals surface area contributed by atoms with Crippen molar-refractivity contribution in [2.75, 3.05) is 12.0 Å². The Morgan fingerprint density at radius 1 is 1.43 bits per heavy atom. The maximum absolute atomic E-state index is 5.55. The lowest BCUT2D eigenvalue weighted by Gasteiger charge is -2.17. The van der Waals surface area contributed by atoms with Crippen molar-refractivity contribution in [2.45, 2.75) is 32.9 Å². The third kappa shape index (κ3) is 3.39. The zero-order chi connectivity index (χ0) is 10.6. The molecule has 0 fully saturated rings. The van der Waals surface area contributed by atoms with Gasteiger partial charge in [0.15, 0.2) is 0 Å². The lowest BCUT2D eigenvalue weighted by atomic mass is 10.2. The fraction of sp³-hybridized carbons (Fsp3) is 0.636. The third-order valence-electron chi connectivity index (χ3n) is 2.14. The molecule has 3 heteroatoms. The van der Waals surface area contributed by atoms with Gasteiger partial charge in [-0.1, -0.05) is 0 Å². The average Bonchev–Trinajstić information content (AvgIpc) is 2.52. The standard InChI is InChI=1S/C11H19NOS/c1-8(7-14-4)12-10(3)11-6-5-9(2)13-11/h5-6,8,10,12H,7H2,1-4H3/t8-,10-/m1/s1. The second-order valence-electron chi connectivity index (χ2n) is 3.69. The highest BCUT2D eigenvalue weighted by atomic mass is 32.2. The fourth-order valence-corrected chi connectivity index (χ4v) is 2.09. The van der Waals surface area contributed by atoms with Crippen LogP contribution in [0.5, 0.6) is 0 Å². The van der Waals surface area contributed by atoms with E-state index >= 15 is 0 Å². The van der Waals surface area contributed by atoms with Crippen LogP contribution in [0.25, 0.3) is 0 Å². The molecule has 0 aliphatic heterocycles. The first-order valence-corrected chi connectivity index (χ1v) is 6.34. The Labute approximate surface area is 90.5 Å². The van der Waals surface area contributed by atoms with E-state index in [-0.39, 0.29) is 0 Å². The molecule has 0 saturated carbocycles. The minimum atomic E-state index is 0.297. The molecule has 2 nitrogen and oxygen atoms in total. The smallest absolute Gasteiger partial charge is 0.120 e. The van der Waals surface area contributed by atoms with Crippen LogP contribution in [0.4, 0.5) is 0 Å². The summed E-state index contributed by atoms with van der Waals surface area (Å²) in [7, 11) is 0. The minimum absolute atomic E-state index is 0.297. The van der Waals surface area contributed by atoms with Gasteiger partial charge in [0.05, 0.1) is 6.04 Å². The van der Waals surface area contributed by atoms with Gasteiger partial charge >= 0.3 is 0 Å². The second-order valence-corrected chi connectivity index (χ2v) is 4.60. The average molecular weight is 213 g/mol. The van der Waals surface area contributed by atoms with Crippen molar-refractivity contribution in [3.8, 4) is 0 Å². The summed E-state index contributed by atoms with van der Waals surface area (Å²) < 4.78 is 5.55. The van der Waals surface area contributed by atoms with E-state index in [1.54, 1.807) is 0 Å². The third-order valence-corrected chi connectivity index (χ3v) is 2.97. The molecule has 0 unspecified atom stereocenters. The predicted molar refractivity (Wildman–Crippen MR) is 62.8 cm³/mol. The SMILES string of the molecule is CSC[C@@H](C)N[C@H](C)c1ccc(C)o1. The van der Waals surface area contributed by atoms with E-state index in [4.69, 9.17) is 4.42 Å². The second kappa shape index (κ2) is 5.47. The van der Waals surface area contributed by atoms with Crippen LogP contribution in [-0.4, -0.2) is 18.1 Å². The van der Waals surface area contributed by atoms with Gasteiger partial charge in [-0.05, 0) is 39.2 Å². The molecule has 0 spiro atoms. The number of rotatable bonds is 5. The molecule has 1 aromatic heterocycles. The van der Waals surface area contributed by atoms with Gasteiger partial charge in [0.2, 0.25) is 0 Å². The van der Waals surface area contributed by atoms with E-state index in [9.17, 15) is 0 Å². The summed E-state index contributed by atoms with van der Waals surface area (Å²) in [4.78, 5) is 0. The highest BCUT2D eigenvalue weighted by Crippen LogP contribution is 2.16. The Balaban J connectivity index is 2.45. The molecular formula is C11H19NOS. The van der Waals surface area contributed by atoms with Gasteiger partial charge in [-0.3, -0.25) is 0 Å². The summed E-state index contributed by atoms with van der Waals surface area (Å²) in [6.07, 6.45) is 2.12. The van der Waals surface area contributed by atoms with Crippen LogP contribution in [0.15, 0.2) is 16.5 Å². The molecule has 0 aliphatic rings. The van der Waals surface area contributed by atoms with Crippen LogP contribution in [-0.2, 0) is 0 Å². The van der Waals surface area contributed by atoms with Crippen molar-refractivity contribution in [1.29, 1.82) is 0 Å². The maximum Gasteiger partial charge on any atom is 0.120 e. The van der Waals surface area contributed by atoms with E-state index in [0.717, 1.165) is 17.3 Å². The van der Waals surface area contributed by atoms with Gasteiger partial charge < -0.3 is 9.73 Å². The molecule has 80 valence electrons. The minimum Gasteiger partial charge on any atom is -0.465 e. The fourth-order valence-electron chi connectivity index (χ4n) is 1.49. The van der Waals surface area contributed by atoms with Crippen LogP contribution in [0, 0.1) is 6.92 Å². The normalized spacial score (nSPS) is 15.4. The Hall–Kier alpha value is -0.410. The maximum atomic E-state index is 5.55. The van der Waals surface area contributed by atoms with Gasteiger partial charge in [-0.25, -0.2) is 0 Å². The summed E-state index contributed by atoms with van der Waals surface area (Å²) in [6, 6.07) is 4.86. The molecule has 1 aromatic rings. The molecule has 0 saturated heterocycles. The Morgan fingerprint density at radius 3 is 2.64 bits per heavy atom. The summed E-state index contributed by atoms with van der Waals surface area (Å²) in [5.41, 5.74) is 0. The molecule has 1 rings (SSSR count). The molecule has 0 amide bonds. The number of hydrogen-bond acceptors (Lipinski definition) is 3. The van der Waals surface area contributed by atoms with E-state index in [1.807, 2.05) is 30.8 Å². The van der Waals surface area contributed by atoms with Crippen LogP contribution in [0.2, 0.25) is 0 Å². The Morgan fingerprint density at radius 2 is 2.14 bits per heavy atom. The van der Waals surface area contributed by atoms with Crippen LogP contribution in [0.1, 0.15) is 31.4 Å². The topological polar surface area (TPSA) is 25.2 Å². The van der Waals surface area contributed by atoms with Gasteiger partial charge in [0.1, 0.15) is 11.5 Å². The highest BCUT2D eigenvalue weighted by molar-refractivity contribution is 7.98. The number of hydrogen-bond donors (Lipinski definition) is 1. The van der Waals surface area contributed by atoms with Crippen LogP contribution >= 0.6 is 11.8 Å². The lowest BCUT2D eigenvalue weighted by molar-refractivity contribution is 0.399. The molecule has 0 bridgehead atoms. The molecule has 1 N–H and O–H groups in total. The number of aryl methyl sites for hydroxylation is 1. The van der Waals surface area contributed by atoms with Crippen molar-refractivity contribution in [2.24, 2.45) is 0 Å². The molecule has 2 atom stereocenters. The Bertz CT molecular complexity index is 272. The van der Waals surface area contributed by atoms with Crippen molar-refractivity contribution < 1.29 is 4.42 Å².